The first kappa shape index (κ1) is 18.2. The molecular weight excluding hydrogens is 336 g/mol. The van der Waals surface area contributed by atoms with Gasteiger partial charge >= 0.3 is 6.03 Å². The fourth-order valence-electron chi connectivity index (χ4n) is 4.05. The number of nitrogens with zero attached hydrogens (tertiary/aromatic N) is 4. The molecule has 3 amide bonds. The second-order valence-electron chi connectivity index (χ2n) is 7.53. The van der Waals surface area contributed by atoms with Gasteiger partial charge in [-0.2, -0.15) is 11.3 Å². The third-order valence-electron chi connectivity index (χ3n) is 5.20. The quantitative estimate of drug-likeness (QED) is 0.821. The van der Waals surface area contributed by atoms with Gasteiger partial charge in [-0.05, 0) is 29.3 Å². The topological polar surface area (TPSA) is 47.1 Å². The molecule has 0 aliphatic carbocycles. The van der Waals surface area contributed by atoms with E-state index in [1.54, 1.807) is 30.3 Å². The molecule has 2 aliphatic rings. The van der Waals surface area contributed by atoms with Gasteiger partial charge in [0, 0.05) is 71.7 Å². The molecule has 1 aromatic heterocycles. The molecule has 138 valence electrons. The Morgan fingerprint density at radius 2 is 2.08 bits per heavy atom. The Kier molecular flexibility index (Phi) is 5.34. The highest BCUT2D eigenvalue weighted by Crippen LogP contribution is 2.35. The normalized spacial score (nSPS) is 24.8. The van der Waals surface area contributed by atoms with Crippen LogP contribution in [0.1, 0.15) is 18.9 Å². The summed E-state index contributed by atoms with van der Waals surface area (Å²) in [6, 6.07) is 2.20. The van der Waals surface area contributed by atoms with E-state index < -0.39 is 0 Å². The van der Waals surface area contributed by atoms with Crippen molar-refractivity contribution in [1.29, 1.82) is 0 Å². The number of likely N-dealkylation sites (tertiary alicyclic amines) is 1. The zero-order valence-corrected chi connectivity index (χ0v) is 16.2. The van der Waals surface area contributed by atoms with E-state index in [9.17, 15) is 9.59 Å². The monoisotopic (exact) mass is 364 g/mol. The molecule has 6 nitrogen and oxygen atoms in total. The predicted octanol–water partition coefficient (Wildman–Crippen LogP) is 1.79. The highest BCUT2D eigenvalue weighted by atomic mass is 32.1. The van der Waals surface area contributed by atoms with Crippen molar-refractivity contribution < 1.29 is 9.59 Å². The summed E-state index contributed by atoms with van der Waals surface area (Å²) in [6.07, 6.45) is 0.540. The van der Waals surface area contributed by atoms with Crippen LogP contribution in [0.25, 0.3) is 0 Å². The van der Waals surface area contributed by atoms with Crippen LogP contribution >= 0.6 is 11.3 Å². The number of rotatable bonds is 3. The minimum Gasteiger partial charge on any atom is -0.342 e. The zero-order chi connectivity index (χ0) is 18.0. The number of amides is 3. The van der Waals surface area contributed by atoms with Gasteiger partial charge in [-0.25, -0.2) is 4.79 Å². The second kappa shape index (κ2) is 7.33. The summed E-state index contributed by atoms with van der Waals surface area (Å²) in [6.45, 7) is 7.48. The van der Waals surface area contributed by atoms with Crippen LogP contribution in [0.15, 0.2) is 16.8 Å². The number of urea groups is 1. The van der Waals surface area contributed by atoms with E-state index in [2.05, 4.69) is 21.7 Å². The average Bonchev–Trinajstić information content (AvgIpc) is 3.13. The molecule has 0 unspecified atom stereocenters. The molecule has 0 aromatic carbocycles. The van der Waals surface area contributed by atoms with E-state index in [-0.39, 0.29) is 17.4 Å². The maximum atomic E-state index is 12.6. The van der Waals surface area contributed by atoms with Gasteiger partial charge in [-0.3, -0.25) is 9.69 Å². The second-order valence-corrected chi connectivity index (χ2v) is 8.31. The number of carbonyl (C=O) groups is 2. The Balaban J connectivity index is 1.82. The molecule has 0 saturated carbocycles. The van der Waals surface area contributed by atoms with Crippen molar-refractivity contribution in [3.05, 3.63) is 22.4 Å². The summed E-state index contributed by atoms with van der Waals surface area (Å²) in [5, 5.41) is 4.28. The molecule has 3 heterocycles. The molecule has 3 rings (SSSR count). The Morgan fingerprint density at radius 3 is 2.68 bits per heavy atom. The summed E-state index contributed by atoms with van der Waals surface area (Å²) < 4.78 is 0. The lowest BCUT2D eigenvalue weighted by Crippen LogP contribution is -2.47. The van der Waals surface area contributed by atoms with Gasteiger partial charge in [0.05, 0.1) is 0 Å². The molecule has 0 N–H and O–H groups in total. The number of hydrogen-bond donors (Lipinski definition) is 0. The van der Waals surface area contributed by atoms with Crippen molar-refractivity contribution >= 4 is 23.3 Å². The SMILES string of the molecule is CCN1C[C@@]2(CC1=O)CN(Cc1ccsc1)CCN(C(=O)N(C)C)C2. The maximum absolute atomic E-state index is 12.6. The largest absolute Gasteiger partial charge is 0.342 e. The Hall–Kier alpha value is -1.60. The highest BCUT2D eigenvalue weighted by molar-refractivity contribution is 7.07. The van der Waals surface area contributed by atoms with Crippen LogP contribution in [0.5, 0.6) is 0 Å². The lowest BCUT2D eigenvalue weighted by molar-refractivity contribution is -0.127. The molecule has 1 atom stereocenters. The van der Waals surface area contributed by atoms with E-state index >= 15 is 0 Å². The van der Waals surface area contributed by atoms with Gasteiger partial charge < -0.3 is 14.7 Å². The minimum absolute atomic E-state index is 0.0409. The summed E-state index contributed by atoms with van der Waals surface area (Å²) in [4.78, 5) is 32.9. The molecule has 0 radical (unpaired) electrons. The van der Waals surface area contributed by atoms with Crippen molar-refractivity contribution in [1.82, 2.24) is 19.6 Å². The van der Waals surface area contributed by atoms with Crippen molar-refractivity contribution in [2.75, 3.05) is 53.4 Å². The van der Waals surface area contributed by atoms with Gasteiger partial charge in [0.15, 0.2) is 0 Å². The van der Waals surface area contributed by atoms with Crippen LogP contribution in [0, 0.1) is 5.41 Å². The van der Waals surface area contributed by atoms with E-state index in [1.165, 1.54) is 5.56 Å². The molecule has 7 heteroatoms. The lowest BCUT2D eigenvalue weighted by atomic mass is 9.86. The van der Waals surface area contributed by atoms with E-state index in [0.717, 1.165) is 32.7 Å². The molecule has 25 heavy (non-hydrogen) atoms. The fourth-order valence-corrected chi connectivity index (χ4v) is 4.71. The van der Waals surface area contributed by atoms with E-state index in [0.29, 0.717) is 19.5 Å². The first-order valence-electron chi connectivity index (χ1n) is 8.90. The van der Waals surface area contributed by atoms with Crippen molar-refractivity contribution in [3.8, 4) is 0 Å². The molecule has 2 saturated heterocycles. The Bertz CT molecular complexity index is 619. The maximum Gasteiger partial charge on any atom is 0.319 e. The summed E-state index contributed by atoms with van der Waals surface area (Å²) in [5.74, 6) is 0.220. The number of hydrogen-bond acceptors (Lipinski definition) is 4. The van der Waals surface area contributed by atoms with Crippen molar-refractivity contribution in [2.45, 2.75) is 19.9 Å². The number of carbonyl (C=O) groups excluding carboxylic acids is 2. The summed E-state index contributed by atoms with van der Waals surface area (Å²) in [5.41, 5.74) is 1.15. The van der Waals surface area contributed by atoms with Crippen LogP contribution in [0.3, 0.4) is 0 Å². The van der Waals surface area contributed by atoms with Gasteiger partial charge in [0.1, 0.15) is 0 Å². The van der Waals surface area contributed by atoms with Crippen LogP contribution < -0.4 is 0 Å². The van der Waals surface area contributed by atoms with Crippen LogP contribution in [-0.4, -0.2) is 84.9 Å². The van der Waals surface area contributed by atoms with Crippen LogP contribution in [-0.2, 0) is 11.3 Å². The molecule has 2 fully saturated rings. The lowest BCUT2D eigenvalue weighted by Gasteiger charge is -2.34. The van der Waals surface area contributed by atoms with E-state index in [4.69, 9.17) is 0 Å². The average molecular weight is 365 g/mol. The van der Waals surface area contributed by atoms with Crippen LogP contribution in [0.4, 0.5) is 4.79 Å². The van der Waals surface area contributed by atoms with Crippen LogP contribution in [0.2, 0.25) is 0 Å². The first-order valence-corrected chi connectivity index (χ1v) is 9.84. The first-order chi connectivity index (χ1) is 11.9. The summed E-state index contributed by atoms with van der Waals surface area (Å²) in [7, 11) is 3.59. The Morgan fingerprint density at radius 1 is 1.28 bits per heavy atom. The van der Waals surface area contributed by atoms with E-state index in [1.807, 2.05) is 16.7 Å². The van der Waals surface area contributed by atoms with Gasteiger partial charge in [0.25, 0.3) is 0 Å². The minimum atomic E-state index is -0.161. The fraction of sp³-hybridized carbons (Fsp3) is 0.667. The number of thiophene rings is 1. The molecule has 1 spiro atoms. The van der Waals surface area contributed by atoms with Gasteiger partial charge in [-0.15, -0.1) is 0 Å². The molecule has 1 aromatic rings. The molecule has 0 bridgehead atoms. The third kappa shape index (κ3) is 3.98. The third-order valence-corrected chi connectivity index (χ3v) is 5.93. The smallest absolute Gasteiger partial charge is 0.319 e. The van der Waals surface area contributed by atoms with Crippen molar-refractivity contribution in [2.24, 2.45) is 5.41 Å². The summed E-state index contributed by atoms with van der Waals surface area (Å²) >= 11 is 1.71. The Labute approximate surface area is 154 Å². The zero-order valence-electron chi connectivity index (χ0n) is 15.4. The van der Waals surface area contributed by atoms with Gasteiger partial charge in [-0.1, -0.05) is 0 Å². The van der Waals surface area contributed by atoms with Gasteiger partial charge in [0.2, 0.25) is 5.91 Å². The highest BCUT2D eigenvalue weighted by Gasteiger charge is 2.46. The molecular formula is C18H28N4O2S. The van der Waals surface area contributed by atoms with Crippen molar-refractivity contribution in [3.63, 3.8) is 0 Å². The molecule has 2 aliphatic heterocycles. The standard InChI is InChI=1S/C18H28N4O2S/c1-4-21-13-18(9-16(21)23)12-20(10-15-5-8-25-11-15)6-7-22(14-18)17(24)19(2)3/h5,8,11H,4,6-7,9-10,12-14H2,1-3H3/t18-/m1/s1. The predicted molar refractivity (Wildman–Crippen MR) is 99.6 cm³/mol.